The molecule has 1 amide bonds. The number of rotatable bonds is 7. The third kappa shape index (κ3) is 4.65. The maximum Gasteiger partial charge on any atom is 0.222 e. The van der Waals surface area contributed by atoms with Crippen LogP contribution in [0, 0.1) is 5.92 Å². The number of methoxy groups -OCH3 is 3. The van der Waals surface area contributed by atoms with Crippen LogP contribution in [0.3, 0.4) is 0 Å². The quantitative estimate of drug-likeness (QED) is 0.724. The first-order chi connectivity index (χ1) is 13.2. The fourth-order valence-corrected chi connectivity index (χ4v) is 3.76. The Labute approximate surface area is 160 Å². The monoisotopic (exact) mass is 379 g/mol. The van der Waals surface area contributed by atoms with Gasteiger partial charge in [0, 0.05) is 25.4 Å². The molecule has 7 heteroatoms. The Balaban J connectivity index is 1.53. The van der Waals surface area contributed by atoms with Gasteiger partial charge in [-0.3, -0.25) is 4.79 Å². The van der Waals surface area contributed by atoms with Crippen LogP contribution in [-0.4, -0.2) is 64.7 Å². The molecule has 0 aliphatic carbocycles. The molecular weight excluding hydrogens is 350 g/mol. The van der Waals surface area contributed by atoms with Gasteiger partial charge in [-0.1, -0.05) is 0 Å². The highest BCUT2D eigenvalue weighted by atomic mass is 16.7. The van der Waals surface area contributed by atoms with Gasteiger partial charge >= 0.3 is 0 Å². The molecule has 0 radical (unpaired) electrons. The second-order valence-electron chi connectivity index (χ2n) is 6.86. The lowest BCUT2D eigenvalue weighted by atomic mass is 9.95. The Morgan fingerprint density at radius 1 is 1.04 bits per heavy atom. The van der Waals surface area contributed by atoms with Gasteiger partial charge in [-0.2, -0.15) is 0 Å². The van der Waals surface area contributed by atoms with Crippen LogP contribution in [0.5, 0.6) is 17.2 Å². The Hall–Kier alpha value is -1.99. The number of aryl methyl sites for hydroxylation is 1. The zero-order valence-electron chi connectivity index (χ0n) is 16.4. The van der Waals surface area contributed by atoms with E-state index in [2.05, 4.69) is 0 Å². The highest BCUT2D eigenvalue weighted by molar-refractivity contribution is 5.76. The largest absolute Gasteiger partial charge is 0.493 e. The number of piperidine rings is 1. The third-order valence-electron chi connectivity index (χ3n) is 5.28. The first kappa shape index (κ1) is 19.8. The van der Waals surface area contributed by atoms with Crippen LogP contribution in [0.15, 0.2) is 12.1 Å². The lowest BCUT2D eigenvalue weighted by Crippen LogP contribution is -2.41. The number of hydrogen-bond acceptors (Lipinski definition) is 6. The molecule has 150 valence electrons. The minimum Gasteiger partial charge on any atom is -0.493 e. The van der Waals surface area contributed by atoms with Crippen molar-refractivity contribution in [3.63, 3.8) is 0 Å². The molecule has 27 heavy (non-hydrogen) atoms. The van der Waals surface area contributed by atoms with Gasteiger partial charge in [0.2, 0.25) is 11.7 Å². The molecular formula is C20H29NO6. The summed E-state index contributed by atoms with van der Waals surface area (Å²) in [4.78, 5) is 14.6. The van der Waals surface area contributed by atoms with E-state index in [9.17, 15) is 4.79 Å². The summed E-state index contributed by atoms with van der Waals surface area (Å²) >= 11 is 0. The molecule has 0 saturated carbocycles. The van der Waals surface area contributed by atoms with Crippen LogP contribution < -0.4 is 14.2 Å². The lowest BCUT2D eigenvalue weighted by Gasteiger charge is -2.34. The maximum atomic E-state index is 12.6. The van der Waals surface area contributed by atoms with Crippen LogP contribution in [0.25, 0.3) is 0 Å². The van der Waals surface area contributed by atoms with Gasteiger partial charge in [-0.15, -0.1) is 0 Å². The summed E-state index contributed by atoms with van der Waals surface area (Å²) < 4.78 is 27.3. The Kier molecular flexibility index (Phi) is 6.79. The Bertz CT molecular complexity index is 610. The van der Waals surface area contributed by atoms with E-state index in [-0.39, 0.29) is 12.2 Å². The molecule has 0 atom stereocenters. The van der Waals surface area contributed by atoms with Crippen molar-refractivity contribution < 1.29 is 28.5 Å². The van der Waals surface area contributed by atoms with Gasteiger partial charge < -0.3 is 28.6 Å². The molecule has 2 heterocycles. The van der Waals surface area contributed by atoms with Crippen LogP contribution >= 0.6 is 0 Å². The first-order valence-corrected chi connectivity index (χ1v) is 9.46. The molecule has 2 fully saturated rings. The number of carbonyl (C=O) groups excluding carboxylic acids is 1. The van der Waals surface area contributed by atoms with Gasteiger partial charge in [0.05, 0.1) is 34.5 Å². The van der Waals surface area contributed by atoms with Crippen molar-refractivity contribution in [2.75, 3.05) is 47.6 Å². The average Bonchev–Trinajstić information content (AvgIpc) is 3.26. The van der Waals surface area contributed by atoms with Crippen molar-refractivity contribution >= 4 is 5.91 Å². The van der Waals surface area contributed by atoms with Gasteiger partial charge in [-0.05, 0) is 37.0 Å². The normalized spacial score (nSPS) is 18.6. The zero-order chi connectivity index (χ0) is 19.2. The molecule has 1 aromatic rings. The van der Waals surface area contributed by atoms with E-state index in [1.807, 2.05) is 17.0 Å². The van der Waals surface area contributed by atoms with Crippen molar-refractivity contribution in [3.05, 3.63) is 17.7 Å². The topological polar surface area (TPSA) is 66.5 Å². The summed E-state index contributed by atoms with van der Waals surface area (Å²) in [6.07, 6.45) is 2.87. The standard InChI is InChI=1S/C20H29NO6/c1-23-16-12-14(13-17(24-2)19(16)25-3)4-5-18(22)21-8-6-15(7-9-21)20-26-10-11-27-20/h12-13,15,20H,4-11H2,1-3H3. The molecule has 2 aliphatic heterocycles. The number of benzene rings is 1. The van der Waals surface area contributed by atoms with E-state index in [1.165, 1.54) is 0 Å². The number of likely N-dealkylation sites (tertiary alicyclic amines) is 1. The zero-order valence-corrected chi connectivity index (χ0v) is 16.4. The predicted molar refractivity (Wildman–Crippen MR) is 99.4 cm³/mol. The van der Waals surface area contributed by atoms with E-state index in [4.69, 9.17) is 23.7 Å². The summed E-state index contributed by atoms with van der Waals surface area (Å²) in [6, 6.07) is 3.80. The van der Waals surface area contributed by atoms with Crippen molar-refractivity contribution in [1.82, 2.24) is 4.90 Å². The molecule has 0 aromatic heterocycles. The van der Waals surface area contributed by atoms with Gasteiger partial charge in [0.1, 0.15) is 0 Å². The Morgan fingerprint density at radius 3 is 2.15 bits per heavy atom. The van der Waals surface area contributed by atoms with E-state index in [1.54, 1.807) is 21.3 Å². The molecule has 1 aromatic carbocycles. The molecule has 3 rings (SSSR count). The summed E-state index contributed by atoms with van der Waals surface area (Å²) in [5, 5.41) is 0. The second-order valence-corrected chi connectivity index (χ2v) is 6.86. The van der Waals surface area contributed by atoms with E-state index in [0.29, 0.717) is 49.2 Å². The summed E-state index contributed by atoms with van der Waals surface area (Å²) in [7, 11) is 4.76. The molecule has 0 N–H and O–H groups in total. The van der Waals surface area contributed by atoms with Crippen LogP contribution in [0.1, 0.15) is 24.8 Å². The van der Waals surface area contributed by atoms with Gasteiger partial charge in [0.15, 0.2) is 17.8 Å². The highest BCUT2D eigenvalue weighted by Gasteiger charge is 2.31. The van der Waals surface area contributed by atoms with E-state index in [0.717, 1.165) is 31.5 Å². The number of amides is 1. The first-order valence-electron chi connectivity index (χ1n) is 9.46. The van der Waals surface area contributed by atoms with Crippen molar-refractivity contribution in [2.45, 2.75) is 32.0 Å². The third-order valence-corrected chi connectivity index (χ3v) is 5.28. The van der Waals surface area contributed by atoms with Crippen LogP contribution in [0.2, 0.25) is 0 Å². The SMILES string of the molecule is COc1cc(CCC(=O)N2CCC(C3OCCO3)CC2)cc(OC)c1OC. The summed E-state index contributed by atoms with van der Waals surface area (Å²) in [5.74, 6) is 2.35. The fraction of sp³-hybridized carbons (Fsp3) is 0.650. The van der Waals surface area contributed by atoms with Gasteiger partial charge in [-0.25, -0.2) is 0 Å². The number of ether oxygens (including phenoxy) is 5. The van der Waals surface area contributed by atoms with Gasteiger partial charge in [0.25, 0.3) is 0 Å². The number of carbonyl (C=O) groups is 1. The van der Waals surface area contributed by atoms with Crippen molar-refractivity contribution in [1.29, 1.82) is 0 Å². The van der Waals surface area contributed by atoms with Crippen molar-refractivity contribution in [2.24, 2.45) is 5.92 Å². The lowest BCUT2D eigenvalue weighted by molar-refractivity contribution is -0.136. The van der Waals surface area contributed by atoms with Crippen molar-refractivity contribution in [3.8, 4) is 17.2 Å². The summed E-state index contributed by atoms with van der Waals surface area (Å²) in [5.41, 5.74) is 0.987. The smallest absolute Gasteiger partial charge is 0.222 e. The molecule has 7 nitrogen and oxygen atoms in total. The van der Waals surface area contributed by atoms with Crippen LogP contribution in [0.4, 0.5) is 0 Å². The molecule has 0 bridgehead atoms. The minimum absolute atomic E-state index is 0.0820. The second kappa shape index (κ2) is 9.28. The number of nitrogens with zero attached hydrogens (tertiary/aromatic N) is 1. The Morgan fingerprint density at radius 2 is 1.63 bits per heavy atom. The molecule has 2 aliphatic rings. The molecule has 0 spiro atoms. The molecule has 0 unspecified atom stereocenters. The minimum atomic E-state index is -0.0820. The highest BCUT2D eigenvalue weighted by Crippen LogP contribution is 2.38. The van der Waals surface area contributed by atoms with Crippen LogP contribution in [-0.2, 0) is 20.7 Å². The van der Waals surface area contributed by atoms with E-state index >= 15 is 0 Å². The number of hydrogen-bond donors (Lipinski definition) is 0. The fourth-order valence-electron chi connectivity index (χ4n) is 3.76. The van der Waals surface area contributed by atoms with E-state index < -0.39 is 0 Å². The predicted octanol–water partition coefficient (Wildman–Crippen LogP) is 2.26. The molecule has 2 saturated heterocycles. The maximum absolute atomic E-state index is 12.6. The average molecular weight is 379 g/mol. The summed E-state index contributed by atoms with van der Waals surface area (Å²) in [6.45, 7) is 2.89.